The molecular formula is C78H146NO8+. The third-order valence-corrected chi connectivity index (χ3v) is 17.1. The van der Waals surface area contributed by atoms with Gasteiger partial charge in [-0.25, -0.2) is 4.79 Å². The first-order valence-electron chi connectivity index (χ1n) is 37.8. The molecule has 0 heterocycles. The van der Waals surface area contributed by atoms with Crippen LogP contribution in [0, 0.1) is 0 Å². The lowest BCUT2D eigenvalue weighted by Gasteiger charge is -2.25. The summed E-state index contributed by atoms with van der Waals surface area (Å²) < 4.78 is 23.0. The topological polar surface area (TPSA) is 108 Å². The van der Waals surface area contributed by atoms with Crippen LogP contribution < -0.4 is 0 Å². The quantitative estimate of drug-likeness (QED) is 0.0211. The number of hydrogen-bond donors (Lipinski definition) is 1. The number of allylic oxidation sites excluding steroid dienone is 8. The van der Waals surface area contributed by atoms with Gasteiger partial charge in [-0.15, -0.1) is 0 Å². The van der Waals surface area contributed by atoms with E-state index in [0.29, 0.717) is 17.4 Å². The number of aliphatic carboxylic acids is 1. The Morgan fingerprint density at radius 2 is 0.655 bits per heavy atom. The van der Waals surface area contributed by atoms with E-state index >= 15 is 0 Å². The highest BCUT2D eigenvalue weighted by Gasteiger charge is 2.25. The van der Waals surface area contributed by atoms with Crippen molar-refractivity contribution in [2.24, 2.45) is 0 Å². The van der Waals surface area contributed by atoms with Crippen molar-refractivity contribution in [1.82, 2.24) is 0 Å². The Hall–Kier alpha value is -2.75. The molecule has 87 heavy (non-hydrogen) atoms. The van der Waals surface area contributed by atoms with E-state index in [9.17, 15) is 19.5 Å². The highest BCUT2D eigenvalue weighted by Crippen LogP contribution is 2.19. The standard InChI is InChI=1S/C78H145NO8/c1-6-8-10-12-14-16-18-20-22-24-26-28-30-32-34-35-36-37-38-39-40-41-43-45-47-49-51-53-55-57-59-61-63-65-67-69-76(81)87-74(73-86-78(77(82)83)84-71-70-79(3,4)5)72-85-75(80)68-66-64-62-60-58-56-54-52-50-48-46-44-42-33-31-29-27-25-23-21-19-17-15-13-11-9-7-2/h8,10,14,16,20,22,26,28,74,78H,6-7,9,11-13,15,17-19,21,23-25,27,29-73H2,1-5H3/p+1/b10-8-,16-14-,22-20-,28-26-. The molecule has 510 valence electrons. The molecule has 2 atom stereocenters. The third kappa shape index (κ3) is 70.6. The molecule has 0 aromatic rings. The number of likely N-dealkylation sites (N-methyl/N-ethyl adjacent to an activating group) is 1. The minimum atomic E-state index is -1.51. The first-order valence-corrected chi connectivity index (χ1v) is 37.8. The lowest BCUT2D eigenvalue weighted by Crippen LogP contribution is -2.40. The third-order valence-electron chi connectivity index (χ3n) is 17.1. The Kier molecular flexibility index (Phi) is 67.0. The van der Waals surface area contributed by atoms with Crippen molar-refractivity contribution in [3.05, 3.63) is 48.6 Å². The fourth-order valence-electron chi connectivity index (χ4n) is 11.4. The molecule has 0 aromatic carbocycles. The summed E-state index contributed by atoms with van der Waals surface area (Å²) in [5.41, 5.74) is 0. The van der Waals surface area contributed by atoms with Gasteiger partial charge in [-0.3, -0.25) is 9.59 Å². The van der Waals surface area contributed by atoms with E-state index in [1.807, 2.05) is 21.1 Å². The van der Waals surface area contributed by atoms with Crippen molar-refractivity contribution < 1.29 is 42.9 Å². The normalized spacial score (nSPS) is 12.9. The van der Waals surface area contributed by atoms with Crippen molar-refractivity contribution in [2.75, 3.05) is 47.5 Å². The molecule has 0 spiro atoms. The van der Waals surface area contributed by atoms with Gasteiger partial charge in [0.05, 0.1) is 34.4 Å². The van der Waals surface area contributed by atoms with Gasteiger partial charge < -0.3 is 28.5 Å². The van der Waals surface area contributed by atoms with E-state index < -0.39 is 18.4 Å². The Bertz CT molecular complexity index is 1570. The summed E-state index contributed by atoms with van der Waals surface area (Å²) in [7, 11) is 6.00. The predicted molar refractivity (Wildman–Crippen MR) is 374 cm³/mol. The number of nitrogens with zero attached hydrogens (tertiary/aromatic N) is 1. The fraction of sp³-hybridized carbons (Fsp3) is 0.859. The van der Waals surface area contributed by atoms with Crippen molar-refractivity contribution in [1.29, 1.82) is 0 Å². The molecule has 0 aliphatic rings. The summed E-state index contributed by atoms with van der Waals surface area (Å²) in [5.74, 6) is -1.97. The van der Waals surface area contributed by atoms with Gasteiger partial charge in [-0.1, -0.05) is 358 Å². The second-order valence-corrected chi connectivity index (χ2v) is 26.9. The number of hydrogen-bond acceptors (Lipinski definition) is 7. The van der Waals surface area contributed by atoms with E-state index in [0.717, 1.165) is 64.2 Å². The molecule has 0 radical (unpaired) electrons. The average Bonchev–Trinajstić information content (AvgIpc) is 3.56. The number of carbonyl (C=O) groups excluding carboxylic acids is 2. The van der Waals surface area contributed by atoms with Gasteiger partial charge in [-0.2, -0.15) is 0 Å². The molecule has 0 aromatic heterocycles. The van der Waals surface area contributed by atoms with Gasteiger partial charge in [0.2, 0.25) is 0 Å². The van der Waals surface area contributed by atoms with Gasteiger partial charge in [0.15, 0.2) is 6.10 Å². The monoisotopic (exact) mass is 1230 g/mol. The number of carboxylic acids is 1. The van der Waals surface area contributed by atoms with Gasteiger partial charge in [0, 0.05) is 12.8 Å². The molecule has 9 nitrogen and oxygen atoms in total. The van der Waals surface area contributed by atoms with Crippen molar-refractivity contribution in [3.8, 4) is 0 Å². The van der Waals surface area contributed by atoms with Gasteiger partial charge in [0.25, 0.3) is 6.29 Å². The van der Waals surface area contributed by atoms with Gasteiger partial charge in [0.1, 0.15) is 13.2 Å². The van der Waals surface area contributed by atoms with Crippen LogP contribution in [-0.4, -0.2) is 87.4 Å². The Labute approximate surface area is 540 Å². The molecule has 0 amide bonds. The van der Waals surface area contributed by atoms with Crippen LogP contribution in [0.15, 0.2) is 48.6 Å². The Balaban J connectivity index is 4.00. The molecule has 0 saturated heterocycles. The number of unbranched alkanes of at least 4 members (excludes halogenated alkanes) is 48. The number of esters is 2. The first-order chi connectivity index (χ1) is 42.6. The summed E-state index contributed by atoms with van der Waals surface area (Å²) in [6.45, 7) is 4.84. The maximum atomic E-state index is 13.0. The average molecular weight is 1230 g/mol. The maximum absolute atomic E-state index is 13.0. The van der Waals surface area contributed by atoms with E-state index in [1.54, 1.807) is 0 Å². The van der Waals surface area contributed by atoms with E-state index in [4.69, 9.17) is 18.9 Å². The van der Waals surface area contributed by atoms with Crippen molar-refractivity contribution >= 4 is 17.9 Å². The van der Waals surface area contributed by atoms with Gasteiger partial charge in [-0.05, 0) is 51.4 Å². The number of quaternary nitrogens is 1. The molecule has 0 aliphatic carbocycles. The molecular weight excluding hydrogens is 1080 g/mol. The fourth-order valence-corrected chi connectivity index (χ4v) is 11.4. The Morgan fingerprint density at radius 1 is 0.356 bits per heavy atom. The van der Waals surface area contributed by atoms with Crippen LogP contribution in [0.5, 0.6) is 0 Å². The zero-order chi connectivity index (χ0) is 63.3. The molecule has 0 aliphatic heterocycles. The van der Waals surface area contributed by atoms with Crippen molar-refractivity contribution in [3.63, 3.8) is 0 Å². The van der Waals surface area contributed by atoms with Crippen LogP contribution in [0.3, 0.4) is 0 Å². The summed E-state index contributed by atoms with van der Waals surface area (Å²) in [5, 5.41) is 9.76. The second-order valence-electron chi connectivity index (χ2n) is 26.9. The molecule has 0 rings (SSSR count). The second kappa shape index (κ2) is 69.1. The van der Waals surface area contributed by atoms with Crippen molar-refractivity contribution in [2.45, 2.75) is 386 Å². The lowest BCUT2D eigenvalue weighted by molar-refractivity contribution is -0.870. The SMILES string of the molecule is CC/C=C\C/C=C\C/C=C\C/C=C\CCCCCCCCCCCCCCCCCCCCCCCCC(=O)OC(COC(=O)CCCCCCCCCCCCCCCCCCCCCCCCCCCCC)COC(OCC[N+](C)(C)C)C(=O)O. The number of carbonyl (C=O) groups is 3. The summed E-state index contributed by atoms with van der Waals surface area (Å²) in [6, 6.07) is 0. The van der Waals surface area contributed by atoms with Crippen LogP contribution in [0.25, 0.3) is 0 Å². The lowest BCUT2D eigenvalue weighted by atomic mass is 10.0. The summed E-state index contributed by atoms with van der Waals surface area (Å²) >= 11 is 0. The first kappa shape index (κ1) is 84.2. The number of carboxylic acid groups (broad SMARTS) is 1. The number of rotatable bonds is 71. The largest absolute Gasteiger partial charge is 0.477 e. The van der Waals surface area contributed by atoms with E-state index in [2.05, 4.69) is 62.5 Å². The smallest absolute Gasteiger partial charge is 0.361 e. The summed E-state index contributed by atoms with van der Waals surface area (Å²) in [4.78, 5) is 37.7. The molecule has 1 N–H and O–H groups in total. The van der Waals surface area contributed by atoms with Crippen LogP contribution >= 0.6 is 0 Å². The highest BCUT2D eigenvalue weighted by atomic mass is 16.7. The molecule has 0 fully saturated rings. The zero-order valence-corrected chi connectivity index (χ0v) is 58.5. The number of ether oxygens (including phenoxy) is 4. The highest BCUT2D eigenvalue weighted by molar-refractivity contribution is 5.71. The maximum Gasteiger partial charge on any atom is 0.361 e. The predicted octanol–water partition coefficient (Wildman–Crippen LogP) is 23.7. The minimum Gasteiger partial charge on any atom is -0.477 e. The summed E-state index contributed by atoms with van der Waals surface area (Å²) in [6.07, 6.45) is 86.8. The molecule has 0 bridgehead atoms. The molecule has 9 heteroatoms. The van der Waals surface area contributed by atoms with Crippen LogP contribution in [0.2, 0.25) is 0 Å². The van der Waals surface area contributed by atoms with Crippen LogP contribution in [0.1, 0.15) is 373 Å². The Morgan fingerprint density at radius 3 is 0.977 bits per heavy atom. The van der Waals surface area contributed by atoms with Crippen LogP contribution in [-0.2, 0) is 33.3 Å². The molecule has 2 unspecified atom stereocenters. The van der Waals surface area contributed by atoms with Crippen LogP contribution in [0.4, 0.5) is 0 Å². The van der Waals surface area contributed by atoms with E-state index in [1.165, 1.54) is 283 Å². The zero-order valence-electron chi connectivity index (χ0n) is 58.5. The van der Waals surface area contributed by atoms with E-state index in [-0.39, 0.29) is 38.2 Å². The minimum absolute atomic E-state index is 0.175. The van der Waals surface area contributed by atoms with Gasteiger partial charge >= 0.3 is 17.9 Å². The molecule has 0 saturated carbocycles.